The molecule has 0 fully saturated rings. The van der Waals surface area contributed by atoms with E-state index in [1.54, 1.807) is 44.4 Å². The molecule has 0 amide bonds. The Morgan fingerprint density at radius 3 is 2.09 bits per heavy atom. The number of carboxylic acid groups (broad SMARTS) is 2. The number of thioether (sulfide) groups is 1. The van der Waals surface area contributed by atoms with Crippen molar-refractivity contribution in [1.29, 1.82) is 0 Å². The monoisotopic (exact) mass is 321 g/mol. The lowest BCUT2D eigenvalue weighted by atomic mass is 10.1. The highest BCUT2D eigenvalue weighted by molar-refractivity contribution is 8.04. The van der Waals surface area contributed by atoms with Gasteiger partial charge in [0.1, 0.15) is 0 Å². The molecule has 2 N–H and O–H groups in total. The zero-order valence-electron chi connectivity index (χ0n) is 12.0. The smallest absolute Gasteiger partial charge is 0.377 e. The molecule has 22 heavy (non-hydrogen) atoms. The molecule has 0 saturated heterocycles. The number of carboxylic acids is 2. The number of carbonyl (C=O) groups excluding carboxylic acids is 1. The van der Waals surface area contributed by atoms with Crippen LogP contribution in [0.2, 0.25) is 0 Å². The van der Waals surface area contributed by atoms with E-state index >= 15 is 0 Å². The summed E-state index contributed by atoms with van der Waals surface area (Å²) >= 11 is 0.938. The minimum Gasteiger partial charge on any atom is -0.477 e. The van der Waals surface area contributed by atoms with Crippen LogP contribution in [0.1, 0.15) is 0 Å². The van der Waals surface area contributed by atoms with Gasteiger partial charge in [-0.15, -0.1) is 0 Å². The number of benzene rings is 1. The molecule has 0 aromatic heterocycles. The van der Waals surface area contributed by atoms with Crippen molar-refractivity contribution in [3.05, 3.63) is 53.1 Å². The van der Waals surface area contributed by atoms with Gasteiger partial charge in [0.25, 0.3) is 5.78 Å². The number of carbonyl (C=O) groups is 3. The Hall–Kier alpha value is -2.54. The van der Waals surface area contributed by atoms with E-state index in [0.717, 1.165) is 17.8 Å². The minimum absolute atomic E-state index is 0.145. The molecule has 0 radical (unpaired) electrons. The minimum atomic E-state index is -1.64. The molecule has 0 unspecified atom stereocenters. The largest absolute Gasteiger partial charge is 0.477 e. The predicted octanol–water partition coefficient (Wildman–Crippen LogP) is 1.85. The van der Waals surface area contributed by atoms with Crippen LogP contribution < -0.4 is 0 Å². The molecule has 7 heteroatoms. The SMILES string of the molecule is CN(C)C=C(C=C(Sc1ccccc1)C(=O)O)C(=O)C(=O)O. The fourth-order valence-corrected chi connectivity index (χ4v) is 2.28. The van der Waals surface area contributed by atoms with Crippen molar-refractivity contribution in [3.63, 3.8) is 0 Å². The molecule has 0 aliphatic heterocycles. The quantitative estimate of drug-likeness (QED) is 0.342. The summed E-state index contributed by atoms with van der Waals surface area (Å²) in [6.07, 6.45) is 2.33. The van der Waals surface area contributed by atoms with E-state index in [4.69, 9.17) is 5.11 Å². The Balaban J connectivity index is 3.20. The van der Waals surface area contributed by atoms with Crippen molar-refractivity contribution in [2.75, 3.05) is 14.1 Å². The number of nitrogens with zero attached hydrogens (tertiary/aromatic N) is 1. The highest BCUT2D eigenvalue weighted by atomic mass is 32.2. The van der Waals surface area contributed by atoms with Gasteiger partial charge in [-0.05, 0) is 18.2 Å². The molecule has 0 aliphatic carbocycles. The van der Waals surface area contributed by atoms with Crippen molar-refractivity contribution in [3.8, 4) is 0 Å². The maximum atomic E-state index is 11.6. The third-order valence-electron chi connectivity index (χ3n) is 2.32. The summed E-state index contributed by atoms with van der Waals surface area (Å²) in [5, 5.41) is 18.1. The molecule has 1 rings (SSSR count). The van der Waals surface area contributed by atoms with Crippen LogP contribution in [-0.4, -0.2) is 46.9 Å². The van der Waals surface area contributed by atoms with Gasteiger partial charge in [0.15, 0.2) is 0 Å². The predicted molar refractivity (Wildman–Crippen MR) is 82.4 cm³/mol. The molecule has 1 aromatic carbocycles. The lowest BCUT2D eigenvalue weighted by molar-refractivity contribution is -0.147. The van der Waals surface area contributed by atoms with E-state index < -0.39 is 17.7 Å². The summed E-state index contributed by atoms with van der Waals surface area (Å²) in [5.41, 5.74) is -0.210. The molecule has 1 aromatic rings. The van der Waals surface area contributed by atoms with E-state index in [0.29, 0.717) is 4.90 Å². The number of hydrogen-bond donors (Lipinski definition) is 2. The normalized spacial score (nSPS) is 11.9. The molecule has 0 bridgehead atoms. The Morgan fingerprint density at radius 2 is 1.64 bits per heavy atom. The maximum Gasteiger partial charge on any atom is 0.377 e. The summed E-state index contributed by atoms with van der Waals surface area (Å²) in [6.45, 7) is 0. The van der Waals surface area contributed by atoms with E-state index in [9.17, 15) is 19.5 Å². The van der Waals surface area contributed by atoms with Crippen LogP contribution in [0.3, 0.4) is 0 Å². The molecule has 6 nitrogen and oxygen atoms in total. The van der Waals surface area contributed by atoms with Gasteiger partial charge in [0.05, 0.1) is 4.91 Å². The van der Waals surface area contributed by atoms with Crippen LogP contribution in [0.25, 0.3) is 0 Å². The lowest BCUT2D eigenvalue weighted by Gasteiger charge is -2.08. The summed E-state index contributed by atoms with van der Waals surface area (Å²) in [7, 11) is 3.21. The first-order chi connectivity index (χ1) is 10.3. The van der Waals surface area contributed by atoms with Crippen LogP contribution in [0.15, 0.2) is 58.0 Å². The van der Waals surface area contributed by atoms with Gasteiger partial charge < -0.3 is 15.1 Å². The molecule has 0 spiro atoms. The molecule has 0 aliphatic rings. The van der Waals surface area contributed by atoms with Crippen LogP contribution in [0, 0.1) is 0 Å². The van der Waals surface area contributed by atoms with Gasteiger partial charge >= 0.3 is 11.9 Å². The average molecular weight is 321 g/mol. The molecule has 0 atom stereocenters. The van der Waals surface area contributed by atoms with Crippen molar-refractivity contribution >= 4 is 29.5 Å². The molecular weight excluding hydrogens is 306 g/mol. The highest BCUT2D eigenvalue weighted by Crippen LogP contribution is 2.27. The number of ketones is 1. The third-order valence-corrected chi connectivity index (χ3v) is 3.34. The Kier molecular flexibility index (Phi) is 6.40. The number of allylic oxidation sites excluding steroid dienone is 1. The summed E-state index contributed by atoms with van der Waals surface area (Å²) in [6, 6.07) is 8.73. The topological polar surface area (TPSA) is 94.9 Å². The summed E-state index contributed by atoms with van der Waals surface area (Å²) in [5.74, 6) is -4.04. The van der Waals surface area contributed by atoms with Crippen molar-refractivity contribution in [2.24, 2.45) is 0 Å². The van der Waals surface area contributed by atoms with Gasteiger partial charge in [-0.1, -0.05) is 30.0 Å². The van der Waals surface area contributed by atoms with Crippen molar-refractivity contribution in [2.45, 2.75) is 4.90 Å². The molecule has 0 saturated carbocycles. The molecule has 116 valence electrons. The van der Waals surface area contributed by atoms with Gasteiger partial charge in [0, 0.05) is 30.8 Å². The maximum absolute atomic E-state index is 11.6. The number of Topliss-reactive ketones (excluding diaryl/α,β-unsaturated/α-hetero) is 1. The second-order valence-electron chi connectivity index (χ2n) is 4.41. The van der Waals surface area contributed by atoms with Crippen LogP contribution in [0.4, 0.5) is 0 Å². The first-order valence-electron chi connectivity index (χ1n) is 6.15. The fraction of sp³-hybridized carbons (Fsp3) is 0.133. The molecular formula is C15H15NO5S. The van der Waals surface area contributed by atoms with Crippen LogP contribution in [-0.2, 0) is 14.4 Å². The third kappa shape index (κ3) is 5.45. The highest BCUT2D eigenvalue weighted by Gasteiger charge is 2.19. The van der Waals surface area contributed by atoms with Gasteiger partial charge in [-0.25, -0.2) is 9.59 Å². The van der Waals surface area contributed by atoms with Crippen LogP contribution >= 0.6 is 11.8 Å². The zero-order chi connectivity index (χ0) is 16.7. The molecule has 0 heterocycles. The Labute approximate surface area is 131 Å². The standard InChI is InChI=1S/C15H15NO5S/c1-16(2)9-10(13(17)15(20)21)8-12(14(18)19)22-11-6-4-3-5-7-11/h3-9H,1-2H3,(H,18,19)(H,20,21). The van der Waals surface area contributed by atoms with Gasteiger partial charge in [0.2, 0.25) is 0 Å². The first kappa shape index (κ1) is 17.5. The van der Waals surface area contributed by atoms with Crippen LogP contribution in [0.5, 0.6) is 0 Å². The van der Waals surface area contributed by atoms with Gasteiger partial charge in [-0.3, -0.25) is 4.79 Å². The average Bonchev–Trinajstić information content (AvgIpc) is 2.45. The van der Waals surface area contributed by atoms with E-state index in [1.165, 1.54) is 11.1 Å². The second kappa shape index (κ2) is 8.04. The fourth-order valence-electron chi connectivity index (χ4n) is 1.45. The number of aliphatic carboxylic acids is 2. The van der Waals surface area contributed by atoms with E-state index in [-0.39, 0.29) is 10.5 Å². The lowest BCUT2D eigenvalue weighted by Crippen LogP contribution is -2.17. The van der Waals surface area contributed by atoms with Gasteiger partial charge in [-0.2, -0.15) is 0 Å². The van der Waals surface area contributed by atoms with Crippen molar-refractivity contribution < 1.29 is 24.6 Å². The van der Waals surface area contributed by atoms with Crippen molar-refractivity contribution in [1.82, 2.24) is 4.90 Å². The summed E-state index contributed by atoms with van der Waals surface area (Å²) < 4.78 is 0. The van der Waals surface area contributed by atoms with E-state index in [1.807, 2.05) is 0 Å². The zero-order valence-corrected chi connectivity index (χ0v) is 12.8. The van der Waals surface area contributed by atoms with E-state index in [2.05, 4.69) is 0 Å². The Morgan fingerprint density at radius 1 is 1.05 bits per heavy atom. The first-order valence-corrected chi connectivity index (χ1v) is 6.96. The Bertz CT molecular complexity index is 635. The number of hydrogen-bond acceptors (Lipinski definition) is 5. The number of rotatable bonds is 7. The second-order valence-corrected chi connectivity index (χ2v) is 5.53. The summed E-state index contributed by atoms with van der Waals surface area (Å²) in [4.78, 5) is 35.8.